The first-order valence-electron chi connectivity index (χ1n) is 5.68. The van der Waals surface area contributed by atoms with E-state index in [0.29, 0.717) is 21.0 Å². The number of carbonyl (C=O) groups excluding carboxylic acids is 1. The van der Waals surface area contributed by atoms with Gasteiger partial charge in [-0.05, 0) is 35.9 Å². The summed E-state index contributed by atoms with van der Waals surface area (Å²) in [6.07, 6.45) is 0. The zero-order chi connectivity index (χ0) is 14.7. The van der Waals surface area contributed by atoms with Gasteiger partial charge in [0.1, 0.15) is 5.82 Å². The highest BCUT2D eigenvalue weighted by Gasteiger charge is 2.10. The van der Waals surface area contributed by atoms with Gasteiger partial charge < -0.3 is 5.32 Å². The average molecular weight is 330 g/mol. The van der Waals surface area contributed by atoms with Crippen molar-refractivity contribution in [2.45, 2.75) is 11.4 Å². The number of rotatable bonds is 3. The second kappa shape index (κ2) is 6.48. The van der Waals surface area contributed by atoms with Crippen LogP contribution in [0.3, 0.4) is 0 Å². The summed E-state index contributed by atoms with van der Waals surface area (Å²) in [5.74, 6) is -0.820. The summed E-state index contributed by atoms with van der Waals surface area (Å²) in [4.78, 5) is 12.6. The van der Waals surface area contributed by atoms with E-state index in [-0.39, 0.29) is 17.5 Å². The van der Waals surface area contributed by atoms with Gasteiger partial charge in [0, 0.05) is 11.4 Å². The third kappa shape index (κ3) is 3.66. The molecule has 0 fully saturated rings. The maximum atomic E-state index is 13.0. The van der Waals surface area contributed by atoms with E-state index in [0.717, 1.165) is 0 Å². The molecule has 2 aromatic rings. The van der Waals surface area contributed by atoms with Crippen LogP contribution < -0.4 is 5.32 Å². The first kappa shape index (κ1) is 15.2. The number of thiol groups is 1. The van der Waals surface area contributed by atoms with Gasteiger partial charge in [-0.3, -0.25) is 4.79 Å². The number of nitrogens with one attached hydrogen (secondary N) is 1. The second-order valence-corrected chi connectivity index (χ2v) is 5.43. The van der Waals surface area contributed by atoms with E-state index < -0.39 is 5.82 Å². The number of hydrogen-bond donors (Lipinski definition) is 2. The first-order valence-corrected chi connectivity index (χ1v) is 6.88. The SMILES string of the molecule is O=C(NCc1ccc(F)c(Cl)c1)c1cc(S)ccc1Cl. The van der Waals surface area contributed by atoms with Crippen LogP contribution in [-0.2, 0) is 6.54 Å². The molecule has 2 rings (SSSR count). The van der Waals surface area contributed by atoms with E-state index >= 15 is 0 Å². The molecule has 0 aliphatic carbocycles. The highest BCUT2D eigenvalue weighted by atomic mass is 35.5. The van der Waals surface area contributed by atoms with Gasteiger partial charge in [-0.2, -0.15) is 0 Å². The average Bonchev–Trinajstić information content (AvgIpc) is 2.42. The third-order valence-corrected chi connectivity index (χ3v) is 3.53. The van der Waals surface area contributed by atoms with Crippen LogP contribution in [0.25, 0.3) is 0 Å². The molecular weight excluding hydrogens is 320 g/mol. The topological polar surface area (TPSA) is 29.1 Å². The zero-order valence-electron chi connectivity index (χ0n) is 10.2. The molecule has 104 valence electrons. The van der Waals surface area contributed by atoms with E-state index in [4.69, 9.17) is 23.2 Å². The lowest BCUT2D eigenvalue weighted by molar-refractivity contribution is 0.0951. The van der Waals surface area contributed by atoms with Crippen LogP contribution in [0, 0.1) is 5.82 Å². The van der Waals surface area contributed by atoms with Crippen molar-refractivity contribution in [1.29, 1.82) is 0 Å². The Balaban J connectivity index is 2.08. The zero-order valence-corrected chi connectivity index (χ0v) is 12.6. The second-order valence-electron chi connectivity index (χ2n) is 4.10. The number of amides is 1. The van der Waals surface area contributed by atoms with Crippen molar-refractivity contribution in [3.8, 4) is 0 Å². The van der Waals surface area contributed by atoms with Gasteiger partial charge in [-0.1, -0.05) is 29.3 Å². The Kier molecular flexibility index (Phi) is 4.91. The molecule has 6 heteroatoms. The molecule has 1 amide bonds. The summed E-state index contributed by atoms with van der Waals surface area (Å²) in [5, 5.41) is 3.06. The first-order chi connectivity index (χ1) is 9.47. The van der Waals surface area contributed by atoms with Gasteiger partial charge in [0.2, 0.25) is 0 Å². The molecule has 20 heavy (non-hydrogen) atoms. The molecule has 0 aliphatic rings. The van der Waals surface area contributed by atoms with Crippen molar-refractivity contribution in [1.82, 2.24) is 5.32 Å². The smallest absolute Gasteiger partial charge is 0.253 e. The standard InChI is InChI=1S/C14H10Cl2FNOS/c15-11-3-2-9(20)6-10(11)14(19)18-7-8-1-4-13(17)12(16)5-8/h1-6,20H,7H2,(H,18,19). The predicted molar refractivity (Wildman–Crippen MR) is 81.3 cm³/mol. The number of hydrogen-bond acceptors (Lipinski definition) is 2. The summed E-state index contributed by atoms with van der Waals surface area (Å²) in [6, 6.07) is 9.16. The van der Waals surface area contributed by atoms with E-state index in [2.05, 4.69) is 17.9 Å². The fourth-order valence-corrected chi connectivity index (χ4v) is 2.22. The fraction of sp³-hybridized carbons (Fsp3) is 0.0714. The lowest BCUT2D eigenvalue weighted by Gasteiger charge is -2.08. The van der Waals surface area contributed by atoms with Gasteiger partial charge in [0.15, 0.2) is 0 Å². The molecule has 0 aromatic heterocycles. The molecule has 1 N–H and O–H groups in total. The predicted octanol–water partition coefficient (Wildman–Crippen LogP) is 4.35. The summed E-state index contributed by atoms with van der Waals surface area (Å²) in [5.41, 5.74) is 1.04. The summed E-state index contributed by atoms with van der Waals surface area (Å²) in [7, 11) is 0. The quantitative estimate of drug-likeness (QED) is 0.805. The van der Waals surface area contributed by atoms with Crippen molar-refractivity contribution in [2.75, 3.05) is 0 Å². The van der Waals surface area contributed by atoms with E-state index in [1.165, 1.54) is 12.1 Å². The summed E-state index contributed by atoms with van der Waals surface area (Å²) >= 11 is 15.8. The Morgan fingerprint density at radius 2 is 1.90 bits per heavy atom. The van der Waals surface area contributed by atoms with E-state index in [1.807, 2.05) is 0 Å². The molecule has 0 bridgehead atoms. The maximum Gasteiger partial charge on any atom is 0.253 e. The lowest BCUT2D eigenvalue weighted by Crippen LogP contribution is -2.23. The van der Waals surface area contributed by atoms with Gasteiger partial charge in [-0.15, -0.1) is 12.6 Å². The molecule has 0 atom stereocenters. The minimum absolute atomic E-state index is 0.0205. The minimum Gasteiger partial charge on any atom is -0.348 e. The normalized spacial score (nSPS) is 10.4. The van der Waals surface area contributed by atoms with E-state index in [1.54, 1.807) is 24.3 Å². The van der Waals surface area contributed by atoms with Gasteiger partial charge in [-0.25, -0.2) is 4.39 Å². The van der Waals surface area contributed by atoms with Gasteiger partial charge in [0.05, 0.1) is 15.6 Å². The van der Waals surface area contributed by atoms with Gasteiger partial charge >= 0.3 is 0 Å². The minimum atomic E-state index is -0.493. The van der Waals surface area contributed by atoms with Crippen LogP contribution in [0.4, 0.5) is 4.39 Å². The van der Waals surface area contributed by atoms with Gasteiger partial charge in [0.25, 0.3) is 5.91 Å². The number of carbonyl (C=O) groups is 1. The fourth-order valence-electron chi connectivity index (χ4n) is 1.61. The van der Waals surface area contributed by atoms with Crippen molar-refractivity contribution >= 4 is 41.7 Å². The molecule has 0 radical (unpaired) electrons. The molecule has 0 aliphatic heterocycles. The summed E-state index contributed by atoms with van der Waals surface area (Å²) < 4.78 is 13.0. The molecular formula is C14H10Cl2FNOS. The van der Waals surface area contributed by atoms with Crippen molar-refractivity contribution in [2.24, 2.45) is 0 Å². The monoisotopic (exact) mass is 329 g/mol. The van der Waals surface area contributed by atoms with Crippen molar-refractivity contribution in [3.05, 3.63) is 63.4 Å². The number of halogens is 3. The Labute approximate surface area is 131 Å². The van der Waals surface area contributed by atoms with Crippen LogP contribution in [0.15, 0.2) is 41.3 Å². The molecule has 2 nitrogen and oxygen atoms in total. The molecule has 0 unspecified atom stereocenters. The Bertz CT molecular complexity index is 664. The highest BCUT2D eigenvalue weighted by Crippen LogP contribution is 2.20. The van der Waals surface area contributed by atoms with Crippen LogP contribution in [0.1, 0.15) is 15.9 Å². The molecule has 0 spiro atoms. The lowest BCUT2D eigenvalue weighted by atomic mass is 10.2. The Morgan fingerprint density at radius 3 is 2.60 bits per heavy atom. The van der Waals surface area contributed by atoms with Crippen LogP contribution in [0.5, 0.6) is 0 Å². The van der Waals surface area contributed by atoms with Crippen molar-refractivity contribution < 1.29 is 9.18 Å². The Hall–Kier alpha value is -1.23. The van der Waals surface area contributed by atoms with Crippen LogP contribution in [-0.4, -0.2) is 5.91 Å². The molecule has 2 aromatic carbocycles. The Morgan fingerprint density at radius 1 is 1.15 bits per heavy atom. The molecule has 0 heterocycles. The summed E-state index contributed by atoms with van der Waals surface area (Å²) in [6.45, 7) is 0.228. The largest absolute Gasteiger partial charge is 0.348 e. The van der Waals surface area contributed by atoms with Crippen molar-refractivity contribution in [3.63, 3.8) is 0 Å². The maximum absolute atomic E-state index is 13.0. The molecule has 0 saturated carbocycles. The number of benzene rings is 2. The third-order valence-electron chi connectivity index (χ3n) is 2.63. The van der Waals surface area contributed by atoms with Crippen LogP contribution >= 0.6 is 35.8 Å². The highest BCUT2D eigenvalue weighted by molar-refractivity contribution is 7.80. The van der Waals surface area contributed by atoms with E-state index in [9.17, 15) is 9.18 Å². The van der Waals surface area contributed by atoms with Crippen LogP contribution in [0.2, 0.25) is 10.0 Å². The molecule has 0 saturated heterocycles.